The zero-order valence-electron chi connectivity index (χ0n) is 4.78. The summed E-state index contributed by atoms with van der Waals surface area (Å²) in [5.74, 6) is 0. The number of hydrogen-bond acceptors (Lipinski definition) is 2. The highest BCUT2D eigenvalue weighted by atomic mass is 16.4. The van der Waals surface area contributed by atoms with Crippen LogP contribution in [0.15, 0.2) is 12.7 Å². The van der Waals surface area contributed by atoms with E-state index in [4.69, 9.17) is 5.11 Å². The molecule has 9 heavy (non-hydrogen) atoms. The van der Waals surface area contributed by atoms with E-state index in [0.717, 1.165) is 0 Å². The second kappa shape index (κ2) is 3.65. The van der Waals surface area contributed by atoms with Crippen molar-refractivity contribution >= 4 is 12.5 Å². The first-order valence-electron chi connectivity index (χ1n) is 2.28. The molecule has 2 amide bonds. The second-order valence-electron chi connectivity index (χ2n) is 1.33. The van der Waals surface area contributed by atoms with Crippen LogP contribution in [0.25, 0.3) is 0 Å². The first-order valence-corrected chi connectivity index (χ1v) is 2.28. The number of carbonyl (C=O) groups is 2. The van der Waals surface area contributed by atoms with Crippen LogP contribution in [0.4, 0.5) is 4.79 Å². The molecule has 0 aromatic rings. The monoisotopic (exact) mass is 129 g/mol. The summed E-state index contributed by atoms with van der Waals surface area (Å²) in [7, 11) is 0. The van der Waals surface area contributed by atoms with Gasteiger partial charge in [0.2, 0.25) is 6.41 Å². The van der Waals surface area contributed by atoms with Gasteiger partial charge in [-0.1, -0.05) is 6.08 Å². The van der Waals surface area contributed by atoms with Crippen molar-refractivity contribution in [3.8, 4) is 0 Å². The van der Waals surface area contributed by atoms with E-state index in [-0.39, 0.29) is 13.0 Å². The van der Waals surface area contributed by atoms with Crippen molar-refractivity contribution in [1.29, 1.82) is 0 Å². The van der Waals surface area contributed by atoms with Gasteiger partial charge in [-0.15, -0.1) is 6.58 Å². The Balaban J connectivity index is 3.81. The molecule has 0 saturated heterocycles. The molecule has 0 spiro atoms. The minimum absolute atomic E-state index is 0.0405. The van der Waals surface area contributed by atoms with Gasteiger partial charge in [0, 0.05) is 6.54 Å². The Hall–Kier alpha value is -1.32. The van der Waals surface area contributed by atoms with Crippen LogP contribution in [0.1, 0.15) is 0 Å². The van der Waals surface area contributed by atoms with Crippen molar-refractivity contribution in [2.24, 2.45) is 0 Å². The van der Waals surface area contributed by atoms with E-state index in [9.17, 15) is 9.59 Å². The van der Waals surface area contributed by atoms with Gasteiger partial charge < -0.3 is 5.11 Å². The van der Waals surface area contributed by atoms with Gasteiger partial charge >= 0.3 is 6.09 Å². The van der Waals surface area contributed by atoms with E-state index < -0.39 is 6.09 Å². The van der Waals surface area contributed by atoms with Gasteiger partial charge in [-0.25, -0.2) is 9.69 Å². The maximum absolute atomic E-state index is 9.97. The summed E-state index contributed by atoms with van der Waals surface area (Å²) < 4.78 is 0. The van der Waals surface area contributed by atoms with Gasteiger partial charge in [0.25, 0.3) is 0 Å². The van der Waals surface area contributed by atoms with Crippen molar-refractivity contribution < 1.29 is 14.7 Å². The molecular formula is C5H7NO3. The van der Waals surface area contributed by atoms with Gasteiger partial charge in [-0.3, -0.25) is 4.79 Å². The molecule has 0 aromatic heterocycles. The smallest absolute Gasteiger partial charge is 0.414 e. The predicted octanol–water partition coefficient (Wildman–Crippen LogP) is 0.309. The van der Waals surface area contributed by atoms with E-state index in [1.807, 2.05) is 0 Å². The average Bonchev–Trinajstić information content (AvgIpc) is 1.82. The van der Waals surface area contributed by atoms with Gasteiger partial charge in [0.05, 0.1) is 0 Å². The molecule has 0 fully saturated rings. The van der Waals surface area contributed by atoms with Gasteiger partial charge in [0.15, 0.2) is 0 Å². The standard InChI is InChI=1S/C5H7NO3/c1-2-3-6(4-7)5(8)9/h2,4H,1,3H2,(H,8,9). The highest BCUT2D eigenvalue weighted by Crippen LogP contribution is 1.82. The Kier molecular flexibility index (Phi) is 3.12. The van der Waals surface area contributed by atoms with Crippen molar-refractivity contribution in [2.75, 3.05) is 6.54 Å². The van der Waals surface area contributed by atoms with Crippen molar-refractivity contribution in [2.45, 2.75) is 0 Å². The number of hydrogen-bond donors (Lipinski definition) is 1. The van der Waals surface area contributed by atoms with Crippen LogP contribution in [-0.4, -0.2) is 29.1 Å². The number of nitrogens with zero attached hydrogens (tertiary/aromatic N) is 1. The topological polar surface area (TPSA) is 57.6 Å². The Labute approximate surface area is 52.4 Å². The van der Waals surface area contributed by atoms with E-state index in [2.05, 4.69) is 6.58 Å². The Morgan fingerprint density at radius 1 is 1.78 bits per heavy atom. The maximum Gasteiger partial charge on any atom is 0.414 e. The molecule has 0 aliphatic rings. The molecular weight excluding hydrogens is 122 g/mol. The third kappa shape index (κ3) is 2.48. The molecule has 0 aromatic carbocycles. The Morgan fingerprint density at radius 3 is 2.44 bits per heavy atom. The first-order chi connectivity index (χ1) is 4.22. The van der Waals surface area contributed by atoms with E-state index in [1.165, 1.54) is 6.08 Å². The molecule has 4 heteroatoms. The molecule has 0 rings (SSSR count). The molecule has 0 heterocycles. The summed E-state index contributed by atoms with van der Waals surface area (Å²) in [6.45, 7) is 3.31. The molecule has 0 aliphatic heterocycles. The molecule has 1 N–H and O–H groups in total. The number of amides is 2. The van der Waals surface area contributed by atoms with Crippen LogP contribution in [0.2, 0.25) is 0 Å². The van der Waals surface area contributed by atoms with E-state index in [0.29, 0.717) is 4.90 Å². The molecule has 0 unspecified atom stereocenters. The molecule has 0 radical (unpaired) electrons. The number of carbonyl (C=O) groups excluding carboxylic acids is 1. The van der Waals surface area contributed by atoms with Crippen molar-refractivity contribution in [3.05, 3.63) is 12.7 Å². The fraction of sp³-hybridized carbons (Fsp3) is 0.200. The summed E-state index contributed by atoms with van der Waals surface area (Å²) >= 11 is 0. The largest absolute Gasteiger partial charge is 0.465 e. The lowest BCUT2D eigenvalue weighted by Crippen LogP contribution is -2.27. The van der Waals surface area contributed by atoms with Crippen LogP contribution >= 0.6 is 0 Å². The summed E-state index contributed by atoms with van der Waals surface area (Å²) in [4.78, 5) is 20.4. The van der Waals surface area contributed by atoms with Crippen molar-refractivity contribution in [1.82, 2.24) is 4.90 Å². The fourth-order valence-electron chi connectivity index (χ4n) is 0.305. The minimum atomic E-state index is -1.26. The SMILES string of the molecule is C=CCN(C=O)C(=O)O. The summed E-state index contributed by atoms with van der Waals surface area (Å²) in [5.41, 5.74) is 0. The lowest BCUT2D eigenvalue weighted by Gasteiger charge is -2.05. The summed E-state index contributed by atoms with van der Waals surface area (Å²) in [5, 5.41) is 8.15. The fourth-order valence-corrected chi connectivity index (χ4v) is 0.305. The molecule has 4 nitrogen and oxygen atoms in total. The second-order valence-corrected chi connectivity index (χ2v) is 1.33. The van der Waals surface area contributed by atoms with E-state index in [1.54, 1.807) is 0 Å². The van der Waals surface area contributed by atoms with E-state index >= 15 is 0 Å². The van der Waals surface area contributed by atoms with Gasteiger partial charge in [0.1, 0.15) is 0 Å². The van der Waals surface area contributed by atoms with Crippen LogP contribution in [-0.2, 0) is 4.79 Å². The van der Waals surface area contributed by atoms with Gasteiger partial charge in [-0.2, -0.15) is 0 Å². The predicted molar refractivity (Wildman–Crippen MR) is 31.0 cm³/mol. The third-order valence-electron chi connectivity index (χ3n) is 0.699. The summed E-state index contributed by atoms with van der Waals surface area (Å²) in [6, 6.07) is 0. The van der Waals surface area contributed by atoms with Gasteiger partial charge in [-0.05, 0) is 0 Å². The quantitative estimate of drug-likeness (QED) is 0.440. The van der Waals surface area contributed by atoms with Crippen LogP contribution in [0, 0.1) is 0 Å². The first kappa shape index (κ1) is 7.68. The Bertz CT molecular complexity index is 132. The number of rotatable bonds is 3. The molecule has 0 bridgehead atoms. The Morgan fingerprint density at radius 2 is 2.33 bits per heavy atom. The zero-order valence-corrected chi connectivity index (χ0v) is 4.78. The van der Waals surface area contributed by atoms with Crippen LogP contribution in [0.3, 0.4) is 0 Å². The summed E-state index contributed by atoms with van der Waals surface area (Å²) in [6.07, 6.45) is 0.317. The average molecular weight is 129 g/mol. The lowest BCUT2D eigenvalue weighted by atomic mass is 10.6. The molecule has 0 aliphatic carbocycles. The third-order valence-corrected chi connectivity index (χ3v) is 0.699. The van der Waals surface area contributed by atoms with Crippen LogP contribution in [0.5, 0.6) is 0 Å². The molecule has 50 valence electrons. The molecule has 0 saturated carbocycles. The minimum Gasteiger partial charge on any atom is -0.465 e. The normalized spacial score (nSPS) is 8.00. The molecule has 0 atom stereocenters. The number of carboxylic acid groups (broad SMARTS) is 1. The number of imide groups is 1. The lowest BCUT2D eigenvalue weighted by molar-refractivity contribution is -0.115. The highest BCUT2D eigenvalue weighted by molar-refractivity contribution is 5.78. The highest BCUT2D eigenvalue weighted by Gasteiger charge is 2.05. The van der Waals surface area contributed by atoms with Crippen molar-refractivity contribution in [3.63, 3.8) is 0 Å². The maximum atomic E-state index is 9.97. The zero-order chi connectivity index (χ0) is 7.28. The van der Waals surface area contributed by atoms with Crippen LogP contribution < -0.4 is 0 Å².